The molecule has 0 bridgehead atoms. The molecule has 1 heterocycles. The van der Waals surface area contributed by atoms with Crippen molar-refractivity contribution in [1.82, 2.24) is 0 Å². The van der Waals surface area contributed by atoms with E-state index in [9.17, 15) is 15.0 Å². The molecular formula is C26H32O5. The van der Waals surface area contributed by atoms with Crippen LogP contribution in [0.15, 0.2) is 54.0 Å². The minimum atomic E-state index is -0.871. The maximum atomic E-state index is 13.0. The molecule has 1 unspecified atom stereocenters. The molecule has 5 nitrogen and oxygen atoms in total. The molecule has 0 fully saturated rings. The number of phenolic OH excluding ortho intramolecular Hbond substituents is 1. The quantitative estimate of drug-likeness (QED) is 0.537. The van der Waals surface area contributed by atoms with Gasteiger partial charge in [-0.25, -0.2) is 4.79 Å². The van der Waals surface area contributed by atoms with Crippen LogP contribution in [0.25, 0.3) is 0 Å². The average molecular weight is 425 g/mol. The van der Waals surface area contributed by atoms with Gasteiger partial charge >= 0.3 is 5.97 Å². The van der Waals surface area contributed by atoms with E-state index in [2.05, 4.69) is 0 Å². The number of aliphatic hydroxyl groups is 1. The van der Waals surface area contributed by atoms with E-state index in [4.69, 9.17) is 9.47 Å². The van der Waals surface area contributed by atoms with Crippen molar-refractivity contribution in [2.45, 2.75) is 65.4 Å². The van der Waals surface area contributed by atoms with Gasteiger partial charge in [-0.3, -0.25) is 0 Å². The highest BCUT2D eigenvalue weighted by atomic mass is 16.6. The SMILES string of the molecule is Cc1ccc(C(C)C)c(OC2=C(O)CC(CCc3ccccc3O)(C(C)C)OC2=O)c1. The summed E-state index contributed by atoms with van der Waals surface area (Å²) in [6, 6.07) is 13.0. The lowest BCUT2D eigenvalue weighted by molar-refractivity contribution is -0.169. The van der Waals surface area contributed by atoms with Crippen LogP contribution in [0.2, 0.25) is 0 Å². The van der Waals surface area contributed by atoms with Gasteiger partial charge in [-0.15, -0.1) is 0 Å². The molecule has 0 radical (unpaired) electrons. The number of ether oxygens (including phenoxy) is 2. The number of cyclic esters (lactones) is 1. The normalized spacial score (nSPS) is 19.1. The van der Waals surface area contributed by atoms with Crippen molar-refractivity contribution < 1.29 is 24.5 Å². The second-order valence-corrected chi connectivity index (χ2v) is 8.99. The molecule has 1 aliphatic rings. The molecule has 2 aromatic carbocycles. The zero-order valence-electron chi connectivity index (χ0n) is 18.9. The van der Waals surface area contributed by atoms with Crippen LogP contribution >= 0.6 is 0 Å². The highest BCUT2D eigenvalue weighted by molar-refractivity contribution is 5.88. The van der Waals surface area contributed by atoms with Gasteiger partial charge in [0.2, 0.25) is 5.76 Å². The first-order valence-corrected chi connectivity index (χ1v) is 10.8. The summed E-state index contributed by atoms with van der Waals surface area (Å²) in [6.45, 7) is 9.98. The summed E-state index contributed by atoms with van der Waals surface area (Å²) in [6.07, 6.45) is 1.17. The van der Waals surface area contributed by atoms with Crippen molar-refractivity contribution in [3.63, 3.8) is 0 Å². The molecule has 3 rings (SSSR count). The van der Waals surface area contributed by atoms with Crippen LogP contribution in [-0.2, 0) is 16.0 Å². The van der Waals surface area contributed by atoms with Gasteiger partial charge in [0.25, 0.3) is 0 Å². The average Bonchev–Trinajstić information content (AvgIpc) is 2.70. The van der Waals surface area contributed by atoms with Crippen LogP contribution in [0.3, 0.4) is 0 Å². The maximum absolute atomic E-state index is 13.0. The smallest absolute Gasteiger partial charge is 0.378 e. The van der Waals surface area contributed by atoms with Gasteiger partial charge < -0.3 is 19.7 Å². The predicted molar refractivity (Wildman–Crippen MR) is 120 cm³/mol. The highest BCUT2D eigenvalue weighted by Crippen LogP contribution is 2.40. The van der Waals surface area contributed by atoms with Crippen LogP contribution in [0.4, 0.5) is 0 Å². The Bertz CT molecular complexity index is 989. The van der Waals surface area contributed by atoms with E-state index in [1.165, 1.54) is 0 Å². The Morgan fingerprint density at radius 1 is 1.10 bits per heavy atom. The zero-order chi connectivity index (χ0) is 22.8. The maximum Gasteiger partial charge on any atom is 0.378 e. The molecule has 31 heavy (non-hydrogen) atoms. The zero-order valence-corrected chi connectivity index (χ0v) is 18.9. The summed E-state index contributed by atoms with van der Waals surface area (Å²) in [4.78, 5) is 13.0. The van der Waals surface area contributed by atoms with Crippen LogP contribution in [0, 0.1) is 12.8 Å². The Labute approximate surface area is 184 Å². The first-order chi connectivity index (χ1) is 14.6. The molecule has 0 saturated carbocycles. The number of esters is 1. The number of carbonyl (C=O) groups excluding carboxylic acids is 1. The third kappa shape index (κ3) is 4.87. The molecule has 1 aliphatic heterocycles. The van der Waals surface area contributed by atoms with Crippen molar-refractivity contribution >= 4 is 5.97 Å². The molecule has 0 saturated heterocycles. The van der Waals surface area contributed by atoms with Gasteiger partial charge in [-0.2, -0.15) is 0 Å². The van der Waals surface area contributed by atoms with Gasteiger partial charge in [0.05, 0.1) is 0 Å². The minimum absolute atomic E-state index is 0.0313. The fraction of sp³-hybridized carbons (Fsp3) is 0.423. The Hall–Kier alpha value is -2.95. The largest absolute Gasteiger partial charge is 0.508 e. The van der Waals surface area contributed by atoms with Crippen LogP contribution in [0.1, 0.15) is 63.1 Å². The molecule has 0 aliphatic carbocycles. The number of hydrogen-bond donors (Lipinski definition) is 2. The van der Waals surface area contributed by atoms with Gasteiger partial charge in [-0.05, 0) is 60.4 Å². The fourth-order valence-electron chi connectivity index (χ4n) is 3.98. The first kappa shape index (κ1) is 22.7. The summed E-state index contributed by atoms with van der Waals surface area (Å²) in [5.74, 6) is 0.0333. The Balaban J connectivity index is 1.87. The number of hydrogen-bond acceptors (Lipinski definition) is 5. The summed E-state index contributed by atoms with van der Waals surface area (Å²) in [5.41, 5.74) is 1.87. The van der Waals surface area contributed by atoms with Crippen molar-refractivity contribution in [3.8, 4) is 11.5 Å². The van der Waals surface area contributed by atoms with E-state index >= 15 is 0 Å². The van der Waals surface area contributed by atoms with Crippen LogP contribution < -0.4 is 4.74 Å². The first-order valence-electron chi connectivity index (χ1n) is 10.8. The molecule has 2 aromatic rings. The lowest BCUT2D eigenvalue weighted by atomic mass is 9.79. The Morgan fingerprint density at radius 3 is 2.42 bits per heavy atom. The third-order valence-corrected chi connectivity index (χ3v) is 6.07. The molecular weight excluding hydrogens is 392 g/mol. The van der Waals surface area contributed by atoms with Crippen molar-refractivity contribution in [3.05, 3.63) is 70.7 Å². The summed E-state index contributed by atoms with van der Waals surface area (Å²) in [5, 5.41) is 20.9. The second kappa shape index (κ2) is 9.04. The topological polar surface area (TPSA) is 76.0 Å². The molecule has 0 spiro atoms. The Morgan fingerprint density at radius 2 is 1.81 bits per heavy atom. The van der Waals surface area contributed by atoms with Crippen LogP contribution in [0.5, 0.6) is 11.5 Å². The van der Waals surface area contributed by atoms with Crippen molar-refractivity contribution in [2.24, 2.45) is 5.92 Å². The highest BCUT2D eigenvalue weighted by Gasteiger charge is 2.45. The number of para-hydroxylation sites is 1. The van der Waals surface area contributed by atoms with E-state index in [0.717, 1.165) is 16.7 Å². The molecule has 166 valence electrons. The van der Waals surface area contributed by atoms with Gasteiger partial charge in [0, 0.05) is 6.42 Å². The van der Waals surface area contributed by atoms with E-state index in [-0.39, 0.29) is 35.5 Å². The van der Waals surface area contributed by atoms with Gasteiger partial charge in [-0.1, -0.05) is 58.0 Å². The molecule has 0 aromatic heterocycles. The number of aryl methyl sites for hydroxylation is 2. The standard InChI is InChI=1S/C26H32O5/c1-16(2)20-11-10-18(5)14-23(20)30-24-22(28)15-26(17(3)4,31-25(24)29)13-12-19-8-6-7-9-21(19)27/h6-11,14,16-17,27-28H,12-13,15H2,1-5H3. The number of aromatic hydroxyl groups is 1. The summed E-state index contributed by atoms with van der Waals surface area (Å²) in [7, 11) is 0. The summed E-state index contributed by atoms with van der Waals surface area (Å²) < 4.78 is 11.8. The van der Waals surface area contributed by atoms with E-state index in [0.29, 0.717) is 18.6 Å². The monoisotopic (exact) mass is 424 g/mol. The van der Waals surface area contributed by atoms with Crippen LogP contribution in [-0.4, -0.2) is 21.8 Å². The predicted octanol–water partition coefficient (Wildman–Crippen LogP) is 5.95. The Kier molecular flexibility index (Phi) is 6.63. The van der Waals surface area contributed by atoms with E-state index in [1.54, 1.807) is 12.1 Å². The van der Waals surface area contributed by atoms with Crippen molar-refractivity contribution in [2.75, 3.05) is 0 Å². The fourth-order valence-corrected chi connectivity index (χ4v) is 3.98. The number of rotatable bonds is 7. The summed E-state index contributed by atoms with van der Waals surface area (Å²) >= 11 is 0. The third-order valence-electron chi connectivity index (χ3n) is 6.07. The van der Waals surface area contributed by atoms with E-state index < -0.39 is 11.6 Å². The van der Waals surface area contributed by atoms with Gasteiger partial charge in [0.1, 0.15) is 22.9 Å². The van der Waals surface area contributed by atoms with Crippen molar-refractivity contribution in [1.29, 1.82) is 0 Å². The minimum Gasteiger partial charge on any atom is -0.508 e. The number of aliphatic hydroxyl groups excluding tert-OH is 1. The molecule has 2 N–H and O–H groups in total. The molecule has 0 amide bonds. The number of phenols is 1. The number of benzene rings is 2. The van der Waals surface area contributed by atoms with Gasteiger partial charge in [0.15, 0.2) is 0 Å². The lowest BCUT2D eigenvalue weighted by Crippen LogP contribution is -2.45. The lowest BCUT2D eigenvalue weighted by Gasteiger charge is -2.40. The molecule has 5 heteroatoms. The van der Waals surface area contributed by atoms with E-state index in [1.807, 2.05) is 65.0 Å². The molecule has 1 atom stereocenters. The number of carbonyl (C=O) groups is 1. The second-order valence-electron chi connectivity index (χ2n) is 8.99.